The Morgan fingerprint density at radius 1 is 1.48 bits per heavy atom. The molecule has 1 atom stereocenters. The van der Waals surface area contributed by atoms with Gasteiger partial charge in [0.1, 0.15) is 17.2 Å². The van der Waals surface area contributed by atoms with Crippen LogP contribution in [0.5, 0.6) is 0 Å². The molecule has 2 heterocycles. The molecule has 0 aromatic carbocycles. The number of carbonyl (C=O) groups excluding carboxylic acids is 1. The van der Waals surface area contributed by atoms with Gasteiger partial charge in [0, 0.05) is 11.9 Å². The van der Waals surface area contributed by atoms with Crippen molar-refractivity contribution in [2.24, 2.45) is 0 Å². The summed E-state index contributed by atoms with van der Waals surface area (Å²) >= 11 is 1.09. The second-order valence-corrected chi connectivity index (χ2v) is 6.64. The molecule has 2 aromatic heterocycles. The molecular formula is C14H17N3O5S. The summed E-state index contributed by atoms with van der Waals surface area (Å²) in [5.41, 5.74) is 0.449. The van der Waals surface area contributed by atoms with Crippen LogP contribution in [0, 0.1) is 0 Å². The maximum absolute atomic E-state index is 11.7. The van der Waals surface area contributed by atoms with E-state index < -0.39 is 23.7 Å². The third-order valence-corrected chi connectivity index (χ3v) is 3.46. The van der Waals surface area contributed by atoms with Gasteiger partial charge in [-0.05, 0) is 26.8 Å². The van der Waals surface area contributed by atoms with E-state index in [1.54, 1.807) is 33.0 Å². The fourth-order valence-electron chi connectivity index (χ4n) is 1.60. The van der Waals surface area contributed by atoms with Gasteiger partial charge in [-0.1, -0.05) is 11.8 Å². The van der Waals surface area contributed by atoms with E-state index in [0.29, 0.717) is 16.3 Å². The number of fused-ring (bicyclic) bond motifs is 1. The Hall–Kier alpha value is -2.29. The standard InChI is InChI=1S/C14H17N3O5S/c1-14(2,3)22-12(20)16-9(11(18)19)7-23-13-17-8-4-5-15-6-10(8)21-13/h4-6,9H,7H2,1-3H3,(H,16,20)(H,18,19)/t9-/m0/s1. The Morgan fingerprint density at radius 3 is 2.83 bits per heavy atom. The van der Waals surface area contributed by atoms with Gasteiger partial charge in [-0.3, -0.25) is 4.98 Å². The lowest BCUT2D eigenvalue weighted by Gasteiger charge is -2.21. The van der Waals surface area contributed by atoms with Crippen LogP contribution < -0.4 is 5.32 Å². The van der Waals surface area contributed by atoms with Crippen LogP contribution in [0.1, 0.15) is 20.8 Å². The smallest absolute Gasteiger partial charge is 0.408 e. The van der Waals surface area contributed by atoms with Crippen molar-refractivity contribution in [3.63, 3.8) is 0 Å². The van der Waals surface area contributed by atoms with Crippen molar-refractivity contribution >= 4 is 34.9 Å². The van der Waals surface area contributed by atoms with Gasteiger partial charge in [0.2, 0.25) is 0 Å². The lowest BCUT2D eigenvalue weighted by Crippen LogP contribution is -2.44. The fraction of sp³-hybridized carbons (Fsp3) is 0.429. The number of nitrogens with zero attached hydrogens (tertiary/aromatic N) is 2. The first-order chi connectivity index (χ1) is 10.7. The van der Waals surface area contributed by atoms with Crippen molar-refractivity contribution in [1.82, 2.24) is 15.3 Å². The topological polar surface area (TPSA) is 115 Å². The lowest BCUT2D eigenvalue weighted by molar-refractivity contribution is -0.138. The van der Waals surface area contributed by atoms with Crippen LogP contribution >= 0.6 is 11.8 Å². The number of pyridine rings is 1. The molecule has 2 aromatic rings. The number of carbonyl (C=O) groups is 2. The average molecular weight is 339 g/mol. The number of aromatic nitrogens is 2. The number of rotatable bonds is 5. The van der Waals surface area contributed by atoms with Gasteiger partial charge in [-0.25, -0.2) is 14.6 Å². The van der Waals surface area contributed by atoms with Crippen molar-refractivity contribution in [2.45, 2.75) is 37.6 Å². The van der Waals surface area contributed by atoms with Crippen molar-refractivity contribution in [3.8, 4) is 0 Å². The number of ether oxygens (including phenoxy) is 1. The SMILES string of the molecule is CC(C)(C)OC(=O)N[C@@H](CSc1nc2ccncc2o1)C(=O)O. The highest BCUT2D eigenvalue weighted by Gasteiger charge is 2.24. The van der Waals surface area contributed by atoms with Gasteiger partial charge in [0.25, 0.3) is 5.22 Å². The summed E-state index contributed by atoms with van der Waals surface area (Å²) < 4.78 is 10.5. The highest BCUT2D eigenvalue weighted by molar-refractivity contribution is 7.99. The summed E-state index contributed by atoms with van der Waals surface area (Å²) in [4.78, 5) is 31.0. The van der Waals surface area contributed by atoms with Gasteiger partial charge in [-0.15, -0.1) is 0 Å². The van der Waals surface area contributed by atoms with E-state index in [1.165, 1.54) is 6.20 Å². The molecule has 2 N–H and O–H groups in total. The van der Waals surface area contributed by atoms with Crippen molar-refractivity contribution < 1.29 is 23.8 Å². The van der Waals surface area contributed by atoms with E-state index in [4.69, 9.17) is 9.15 Å². The van der Waals surface area contributed by atoms with E-state index in [2.05, 4.69) is 15.3 Å². The van der Waals surface area contributed by atoms with Crippen LogP contribution in [0.25, 0.3) is 11.1 Å². The van der Waals surface area contributed by atoms with E-state index in [1.807, 2.05) is 0 Å². The molecule has 0 aliphatic carbocycles. The lowest BCUT2D eigenvalue weighted by atomic mass is 10.2. The van der Waals surface area contributed by atoms with E-state index in [9.17, 15) is 14.7 Å². The monoisotopic (exact) mass is 339 g/mol. The Labute approximate surface area is 136 Å². The molecule has 0 saturated heterocycles. The fourth-order valence-corrected chi connectivity index (χ4v) is 2.45. The molecular weight excluding hydrogens is 322 g/mol. The maximum atomic E-state index is 11.7. The van der Waals surface area contributed by atoms with Crippen LogP contribution in [-0.2, 0) is 9.53 Å². The molecule has 23 heavy (non-hydrogen) atoms. The Kier molecular flexibility index (Phi) is 5.09. The number of oxazole rings is 1. The Morgan fingerprint density at radius 2 is 2.22 bits per heavy atom. The van der Waals surface area contributed by atoms with Gasteiger partial charge in [0.05, 0.1) is 6.20 Å². The van der Waals surface area contributed by atoms with E-state index >= 15 is 0 Å². The zero-order valence-corrected chi connectivity index (χ0v) is 13.7. The first-order valence-corrected chi connectivity index (χ1v) is 7.79. The zero-order valence-electron chi connectivity index (χ0n) is 12.9. The minimum atomic E-state index is -1.17. The van der Waals surface area contributed by atoms with Gasteiger partial charge >= 0.3 is 12.1 Å². The second-order valence-electron chi connectivity index (χ2n) is 5.67. The summed E-state index contributed by atoms with van der Waals surface area (Å²) in [5.74, 6) is -1.12. The zero-order chi connectivity index (χ0) is 17.0. The molecule has 0 unspecified atom stereocenters. The van der Waals surface area contributed by atoms with Crippen molar-refractivity contribution in [1.29, 1.82) is 0 Å². The normalized spacial score (nSPS) is 12.8. The number of thioether (sulfide) groups is 1. The molecule has 9 heteroatoms. The molecule has 0 spiro atoms. The number of hydrogen-bond acceptors (Lipinski definition) is 7. The van der Waals surface area contributed by atoms with Crippen LogP contribution in [0.2, 0.25) is 0 Å². The number of nitrogens with one attached hydrogen (secondary N) is 1. The minimum Gasteiger partial charge on any atom is -0.480 e. The quantitative estimate of drug-likeness (QED) is 0.797. The number of carboxylic acids is 1. The summed E-state index contributed by atoms with van der Waals surface area (Å²) in [6, 6.07) is 0.569. The average Bonchev–Trinajstić information content (AvgIpc) is 2.83. The van der Waals surface area contributed by atoms with Crippen molar-refractivity contribution in [3.05, 3.63) is 18.5 Å². The molecule has 8 nitrogen and oxygen atoms in total. The molecule has 1 amide bonds. The summed E-state index contributed by atoms with van der Waals surface area (Å²) in [6.45, 7) is 5.09. The first-order valence-electron chi connectivity index (χ1n) is 6.80. The number of amides is 1. The van der Waals surface area contributed by atoms with Crippen LogP contribution in [0.15, 0.2) is 28.1 Å². The summed E-state index contributed by atoms with van der Waals surface area (Å²) in [6.07, 6.45) is 2.33. The minimum absolute atomic E-state index is 0.0504. The molecule has 2 rings (SSSR count). The van der Waals surface area contributed by atoms with Crippen molar-refractivity contribution in [2.75, 3.05) is 5.75 Å². The predicted octanol–water partition coefficient (Wildman–Crippen LogP) is 2.29. The predicted molar refractivity (Wildman–Crippen MR) is 83.3 cm³/mol. The van der Waals surface area contributed by atoms with Crippen LogP contribution in [-0.4, -0.2) is 44.5 Å². The summed E-state index contributed by atoms with van der Waals surface area (Å²) in [7, 11) is 0. The molecule has 124 valence electrons. The first kappa shape index (κ1) is 17.1. The molecule has 0 saturated carbocycles. The Bertz CT molecular complexity index is 677. The third kappa shape index (κ3) is 5.13. The van der Waals surface area contributed by atoms with Crippen LogP contribution in [0.3, 0.4) is 0 Å². The molecule has 0 radical (unpaired) electrons. The molecule has 0 bridgehead atoms. The molecule has 0 aliphatic rings. The highest BCUT2D eigenvalue weighted by atomic mass is 32.2. The van der Waals surface area contributed by atoms with Gasteiger partial charge in [0.15, 0.2) is 5.58 Å². The largest absolute Gasteiger partial charge is 0.480 e. The van der Waals surface area contributed by atoms with Crippen LogP contribution in [0.4, 0.5) is 4.79 Å². The number of alkyl carbamates (subject to hydrolysis) is 1. The second kappa shape index (κ2) is 6.86. The highest BCUT2D eigenvalue weighted by Crippen LogP contribution is 2.23. The molecule has 0 fully saturated rings. The van der Waals surface area contributed by atoms with Gasteiger partial charge in [-0.2, -0.15) is 0 Å². The van der Waals surface area contributed by atoms with E-state index in [-0.39, 0.29) is 5.75 Å². The number of aliphatic carboxylic acids is 1. The maximum Gasteiger partial charge on any atom is 0.408 e. The number of hydrogen-bond donors (Lipinski definition) is 2. The van der Waals surface area contributed by atoms with E-state index in [0.717, 1.165) is 11.8 Å². The Balaban J connectivity index is 1.96. The third-order valence-electron chi connectivity index (χ3n) is 2.53. The molecule has 0 aliphatic heterocycles. The summed E-state index contributed by atoms with van der Waals surface area (Å²) in [5, 5.41) is 11.8. The number of carboxylic acid groups (broad SMARTS) is 1. The van der Waals surface area contributed by atoms with Gasteiger partial charge < -0.3 is 19.6 Å².